The predicted molar refractivity (Wildman–Crippen MR) is 68.7 cm³/mol. The van der Waals surface area contributed by atoms with E-state index in [4.69, 9.17) is 0 Å². The van der Waals surface area contributed by atoms with Crippen molar-refractivity contribution in [3.05, 3.63) is 21.9 Å². The fourth-order valence-electron chi connectivity index (χ4n) is 1.41. The van der Waals surface area contributed by atoms with Crippen molar-refractivity contribution in [2.45, 2.75) is 19.8 Å². The van der Waals surface area contributed by atoms with Gasteiger partial charge in [-0.2, -0.15) is 12.6 Å². The summed E-state index contributed by atoms with van der Waals surface area (Å²) in [4.78, 5) is 3.91. The third-order valence-corrected chi connectivity index (χ3v) is 3.79. The number of hydrogen-bond acceptors (Lipinski definition) is 3. The van der Waals surface area contributed by atoms with E-state index in [2.05, 4.69) is 42.9 Å². The molecule has 0 saturated heterocycles. The first-order valence-corrected chi connectivity index (χ1v) is 6.57. The Morgan fingerprint density at radius 2 is 2.21 bits per heavy atom. The van der Waals surface area contributed by atoms with Crippen molar-refractivity contribution in [2.24, 2.45) is 0 Å². The van der Waals surface area contributed by atoms with E-state index in [-0.39, 0.29) is 0 Å². The maximum absolute atomic E-state index is 4.21. The zero-order chi connectivity index (χ0) is 10.4. The number of nitrogens with zero attached hydrogens (tertiary/aromatic N) is 1. The van der Waals surface area contributed by atoms with Crippen LogP contribution in [0.2, 0.25) is 0 Å². The summed E-state index contributed by atoms with van der Waals surface area (Å²) in [5.41, 5.74) is 1.44. The van der Waals surface area contributed by atoms with Crippen molar-refractivity contribution in [1.29, 1.82) is 0 Å². The highest BCUT2D eigenvalue weighted by Gasteiger charge is 2.02. The molecule has 0 unspecified atom stereocenters. The lowest BCUT2D eigenvalue weighted by atomic mass is 10.2. The number of thiophene rings is 1. The fraction of sp³-hybridized carbons (Fsp3) is 0.636. The molecule has 14 heavy (non-hydrogen) atoms. The standard InChI is InChI=1S/C11H19NS2/c1-10-5-9-14-11(10)4-7-12(2)6-3-8-13/h5,9,13H,3-4,6-8H2,1-2H3. The minimum Gasteiger partial charge on any atom is -0.306 e. The molecule has 0 atom stereocenters. The summed E-state index contributed by atoms with van der Waals surface area (Å²) in [7, 11) is 2.19. The Labute approximate surface area is 96.5 Å². The van der Waals surface area contributed by atoms with Crippen molar-refractivity contribution in [2.75, 3.05) is 25.9 Å². The zero-order valence-corrected chi connectivity index (χ0v) is 10.7. The molecule has 0 N–H and O–H groups in total. The molecule has 1 heterocycles. The van der Waals surface area contributed by atoms with Gasteiger partial charge in [0.2, 0.25) is 0 Å². The summed E-state index contributed by atoms with van der Waals surface area (Å²) in [6.45, 7) is 4.52. The zero-order valence-electron chi connectivity index (χ0n) is 8.99. The van der Waals surface area contributed by atoms with Crippen molar-refractivity contribution in [1.82, 2.24) is 4.90 Å². The number of likely N-dealkylation sites (N-methyl/N-ethyl adjacent to an activating group) is 1. The summed E-state index contributed by atoms with van der Waals surface area (Å²) in [6.07, 6.45) is 2.37. The number of aryl methyl sites for hydroxylation is 1. The van der Waals surface area contributed by atoms with Crippen LogP contribution in [0, 0.1) is 6.92 Å². The molecule has 0 aliphatic rings. The van der Waals surface area contributed by atoms with Gasteiger partial charge in [0.25, 0.3) is 0 Å². The van der Waals surface area contributed by atoms with Crippen LogP contribution in [0.1, 0.15) is 16.9 Å². The molecular weight excluding hydrogens is 210 g/mol. The molecule has 1 nitrogen and oxygen atoms in total. The van der Waals surface area contributed by atoms with Crippen LogP contribution in [0.15, 0.2) is 11.4 Å². The number of thiol groups is 1. The molecule has 0 aromatic carbocycles. The molecule has 0 spiro atoms. The number of hydrogen-bond donors (Lipinski definition) is 1. The second-order valence-corrected chi connectivity index (χ2v) is 5.11. The number of rotatable bonds is 6. The van der Waals surface area contributed by atoms with E-state index in [0.717, 1.165) is 18.8 Å². The molecule has 1 aromatic rings. The molecule has 0 aliphatic carbocycles. The molecule has 3 heteroatoms. The van der Waals surface area contributed by atoms with E-state index in [1.807, 2.05) is 11.3 Å². The normalized spacial score (nSPS) is 11.1. The molecule has 1 rings (SSSR count). The molecule has 1 aromatic heterocycles. The van der Waals surface area contributed by atoms with E-state index in [1.54, 1.807) is 0 Å². The fourth-order valence-corrected chi connectivity index (χ4v) is 2.45. The van der Waals surface area contributed by atoms with Crippen molar-refractivity contribution < 1.29 is 0 Å². The van der Waals surface area contributed by atoms with Gasteiger partial charge in [-0.3, -0.25) is 0 Å². The lowest BCUT2D eigenvalue weighted by Gasteiger charge is -2.15. The minimum atomic E-state index is 0.988. The van der Waals surface area contributed by atoms with Gasteiger partial charge in [0, 0.05) is 11.4 Å². The Bertz CT molecular complexity index is 258. The van der Waals surface area contributed by atoms with Gasteiger partial charge in [-0.15, -0.1) is 11.3 Å². The molecule has 0 aliphatic heterocycles. The minimum absolute atomic E-state index is 0.988. The molecule has 0 saturated carbocycles. The molecule has 0 radical (unpaired) electrons. The summed E-state index contributed by atoms with van der Waals surface area (Å²) in [6, 6.07) is 2.20. The molecule has 0 amide bonds. The van der Waals surface area contributed by atoms with Crippen molar-refractivity contribution in [3.8, 4) is 0 Å². The Morgan fingerprint density at radius 3 is 2.79 bits per heavy atom. The Hall–Kier alpha value is 0.01000. The van der Waals surface area contributed by atoms with Gasteiger partial charge in [0.05, 0.1) is 0 Å². The van der Waals surface area contributed by atoms with Crippen LogP contribution in [0.5, 0.6) is 0 Å². The highest BCUT2D eigenvalue weighted by atomic mass is 32.1. The second kappa shape index (κ2) is 6.49. The monoisotopic (exact) mass is 229 g/mol. The topological polar surface area (TPSA) is 3.24 Å². The highest BCUT2D eigenvalue weighted by Crippen LogP contribution is 2.16. The van der Waals surface area contributed by atoms with Gasteiger partial charge in [0.1, 0.15) is 0 Å². The predicted octanol–water partition coefficient (Wildman–Crippen LogP) is 2.85. The van der Waals surface area contributed by atoms with Crippen LogP contribution in [0.4, 0.5) is 0 Å². The van der Waals surface area contributed by atoms with E-state index in [9.17, 15) is 0 Å². The van der Waals surface area contributed by atoms with E-state index >= 15 is 0 Å². The van der Waals surface area contributed by atoms with Crippen LogP contribution >= 0.6 is 24.0 Å². The Balaban J connectivity index is 2.23. The SMILES string of the molecule is Cc1ccsc1CCN(C)CCCS. The average Bonchev–Trinajstić information content (AvgIpc) is 2.58. The first-order valence-electron chi connectivity index (χ1n) is 5.06. The van der Waals surface area contributed by atoms with Crippen LogP contribution in [-0.4, -0.2) is 30.8 Å². The highest BCUT2D eigenvalue weighted by molar-refractivity contribution is 7.80. The Kier molecular flexibility index (Phi) is 5.60. The van der Waals surface area contributed by atoms with Crippen LogP contribution in [-0.2, 0) is 6.42 Å². The van der Waals surface area contributed by atoms with Crippen molar-refractivity contribution in [3.63, 3.8) is 0 Å². The summed E-state index contributed by atoms with van der Waals surface area (Å²) in [5, 5.41) is 2.18. The lowest BCUT2D eigenvalue weighted by Crippen LogP contribution is -2.22. The largest absolute Gasteiger partial charge is 0.306 e. The summed E-state index contributed by atoms with van der Waals surface area (Å²) >= 11 is 6.09. The Morgan fingerprint density at radius 1 is 1.43 bits per heavy atom. The van der Waals surface area contributed by atoms with E-state index < -0.39 is 0 Å². The maximum atomic E-state index is 4.21. The van der Waals surface area contributed by atoms with Crippen molar-refractivity contribution >= 4 is 24.0 Å². The van der Waals surface area contributed by atoms with E-state index in [1.165, 1.54) is 23.3 Å². The molecule has 0 bridgehead atoms. The second-order valence-electron chi connectivity index (χ2n) is 3.66. The van der Waals surface area contributed by atoms with Gasteiger partial charge in [0.15, 0.2) is 0 Å². The maximum Gasteiger partial charge on any atom is 0.00871 e. The summed E-state index contributed by atoms with van der Waals surface area (Å²) < 4.78 is 0. The van der Waals surface area contributed by atoms with Gasteiger partial charge in [-0.25, -0.2) is 0 Å². The van der Waals surface area contributed by atoms with Gasteiger partial charge in [-0.1, -0.05) is 0 Å². The van der Waals surface area contributed by atoms with Gasteiger partial charge < -0.3 is 4.90 Å². The molecular formula is C11H19NS2. The quantitative estimate of drug-likeness (QED) is 0.734. The van der Waals surface area contributed by atoms with Crippen LogP contribution in [0.3, 0.4) is 0 Å². The van der Waals surface area contributed by atoms with Gasteiger partial charge in [-0.05, 0) is 56.1 Å². The lowest BCUT2D eigenvalue weighted by molar-refractivity contribution is 0.341. The first kappa shape index (κ1) is 12.1. The van der Waals surface area contributed by atoms with E-state index in [0.29, 0.717) is 0 Å². The third kappa shape index (κ3) is 4.03. The molecule has 0 fully saturated rings. The third-order valence-electron chi connectivity index (χ3n) is 2.39. The first-order chi connectivity index (χ1) is 6.74. The summed E-state index contributed by atoms with van der Waals surface area (Å²) in [5.74, 6) is 0.988. The molecule has 80 valence electrons. The van der Waals surface area contributed by atoms with Crippen LogP contribution in [0.25, 0.3) is 0 Å². The average molecular weight is 229 g/mol. The smallest absolute Gasteiger partial charge is 0.00871 e. The van der Waals surface area contributed by atoms with Gasteiger partial charge >= 0.3 is 0 Å². The van der Waals surface area contributed by atoms with Crippen LogP contribution < -0.4 is 0 Å².